The van der Waals surface area contributed by atoms with Crippen molar-refractivity contribution in [3.8, 4) is 0 Å². The van der Waals surface area contributed by atoms with E-state index in [2.05, 4.69) is 10.0 Å². The van der Waals surface area contributed by atoms with E-state index in [4.69, 9.17) is 23.2 Å². The number of nitrogens with one attached hydrogen (secondary N) is 2. The van der Waals surface area contributed by atoms with Gasteiger partial charge in [-0.25, -0.2) is 13.1 Å². The minimum atomic E-state index is -4.06. The number of rotatable bonds is 11. The smallest absolute Gasteiger partial charge is 0.268 e. The van der Waals surface area contributed by atoms with Crippen LogP contribution in [-0.4, -0.2) is 78.3 Å². The van der Waals surface area contributed by atoms with Crippen LogP contribution in [-0.2, 0) is 26.7 Å². The molecule has 2 heterocycles. The summed E-state index contributed by atoms with van der Waals surface area (Å²) in [7, 11) is -2.24. The van der Waals surface area contributed by atoms with E-state index in [0.29, 0.717) is 23.7 Å². The van der Waals surface area contributed by atoms with Crippen LogP contribution in [0.5, 0.6) is 0 Å². The van der Waals surface area contributed by atoms with Crippen molar-refractivity contribution >= 4 is 61.8 Å². The van der Waals surface area contributed by atoms with Crippen LogP contribution in [0.25, 0.3) is 10.9 Å². The average molecular weight is 651 g/mol. The number of likely N-dealkylation sites (tertiary alicyclic amines) is 1. The second-order valence-electron chi connectivity index (χ2n) is 11.2. The number of hydrogen-bond acceptors (Lipinski definition) is 5. The van der Waals surface area contributed by atoms with E-state index < -0.39 is 28.5 Å². The molecule has 2 aromatic carbocycles. The highest BCUT2D eigenvalue weighted by atomic mass is 35.5. The molecule has 0 spiro atoms. The maximum atomic E-state index is 13.7. The fourth-order valence-electron chi connectivity index (χ4n) is 5.50. The Morgan fingerprint density at radius 2 is 1.79 bits per heavy atom. The van der Waals surface area contributed by atoms with Crippen molar-refractivity contribution in [2.45, 2.75) is 57.1 Å². The predicted octanol–water partition coefficient (Wildman–Crippen LogP) is 4.06. The van der Waals surface area contributed by atoms with E-state index in [1.54, 1.807) is 16.7 Å². The monoisotopic (exact) mass is 649 g/mol. The van der Waals surface area contributed by atoms with Gasteiger partial charge < -0.3 is 19.7 Å². The molecule has 43 heavy (non-hydrogen) atoms. The molecule has 1 fully saturated rings. The summed E-state index contributed by atoms with van der Waals surface area (Å²) in [4.78, 5) is 43.2. The Hall–Kier alpha value is -3.12. The van der Waals surface area contributed by atoms with Gasteiger partial charge in [0.25, 0.3) is 5.91 Å². The summed E-state index contributed by atoms with van der Waals surface area (Å²) in [5.41, 5.74) is 1.38. The van der Waals surface area contributed by atoms with E-state index in [0.717, 1.165) is 10.9 Å². The first kappa shape index (κ1) is 32.8. The van der Waals surface area contributed by atoms with Gasteiger partial charge in [-0.05, 0) is 56.5 Å². The average Bonchev–Trinajstić information content (AvgIpc) is 3.28. The van der Waals surface area contributed by atoms with Gasteiger partial charge in [-0.3, -0.25) is 14.4 Å². The Morgan fingerprint density at radius 3 is 2.40 bits per heavy atom. The molecule has 1 aliphatic rings. The third kappa shape index (κ3) is 7.01. The lowest BCUT2D eigenvalue weighted by molar-refractivity contribution is -0.153. The third-order valence-corrected chi connectivity index (χ3v) is 9.99. The summed E-state index contributed by atoms with van der Waals surface area (Å²) in [6.07, 6.45) is 0.452. The fraction of sp³-hybridized carbons (Fsp3) is 0.433. The zero-order valence-corrected chi connectivity index (χ0v) is 27.1. The minimum absolute atomic E-state index is 0.0509. The molecule has 4 rings (SSSR count). The van der Waals surface area contributed by atoms with Crippen LogP contribution < -0.4 is 10.0 Å². The summed E-state index contributed by atoms with van der Waals surface area (Å²) in [6.45, 7) is 7.75. The van der Waals surface area contributed by atoms with Crippen LogP contribution in [0.15, 0.2) is 53.4 Å². The standard InChI is InChI=1S/C30H37Cl2N5O5S/c1-6-36(28(38)16-33-43(41,42)27-12-11-21(31)15-22(27)32)26-17-37(19(26)4)30(40)23(13-18(2)3)34-29(39)25-14-20-9-7-8-10-24(20)35(25)5/h7-12,14-15,18-19,23,26,33H,6,13,16-17H2,1-5H3,(H,34,39)/t19?,23-,26+/m0/s1. The number of likely N-dealkylation sites (N-methyl/N-ethyl adjacent to an activating group) is 1. The number of sulfonamides is 1. The first-order chi connectivity index (χ1) is 20.2. The number of para-hydroxylation sites is 1. The number of fused-ring (bicyclic) bond motifs is 1. The summed E-state index contributed by atoms with van der Waals surface area (Å²) < 4.78 is 29.7. The molecular weight excluding hydrogens is 613 g/mol. The summed E-state index contributed by atoms with van der Waals surface area (Å²) >= 11 is 11.9. The maximum absolute atomic E-state index is 13.7. The van der Waals surface area contributed by atoms with Crippen LogP contribution in [0.1, 0.15) is 44.6 Å². The summed E-state index contributed by atoms with van der Waals surface area (Å²) in [5, 5.41) is 4.12. The zero-order chi connectivity index (χ0) is 31.6. The number of hydrogen-bond donors (Lipinski definition) is 2. The van der Waals surface area contributed by atoms with Gasteiger partial charge in [0.2, 0.25) is 21.8 Å². The van der Waals surface area contributed by atoms with Crippen LogP contribution in [0.4, 0.5) is 0 Å². The van der Waals surface area contributed by atoms with Crippen LogP contribution in [0.2, 0.25) is 10.0 Å². The highest BCUT2D eigenvalue weighted by molar-refractivity contribution is 7.89. The number of carbonyl (C=O) groups excluding carboxylic acids is 3. The third-order valence-electron chi connectivity index (χ3n) is 7.87. The van der Waals surface area contributed by atoms with Gasteiger partial charge in [-0.1, -0.05) is 55.2 Å². The van der Waals surface area contributed by atoms with Crippen molar-refractivity contribution in [2.75, 3.05) is 19.6 Å². The molecule has 0 aliphatic carbocycles. The second-order valence-corrected chi connectivity index (χ2v) is 13.8. The Balaban J connectivity index is 1.41. The number of nitrogens with zero attached hydrogens (tertiary/aromatic N) is 3. The Bertz CT molecular complexity index is 1640. The molecular formula is C30H37Cl2N5O5S. The van der Waals surface area contributed by atoms with E-state index >= 15 is 0 Å². The fourth-order valence-corrected chi connectivity index (χ4v) is 7.24. The molecule has 1 aliphatic heterocycles. The van der Waals surface area contributed by atoms with Gasteiger partial charge in [0.05, 0.1) is 23.7 Å². The number of halogens is 2. The number of carbonyl (C=O) groups is 3. The van der Waals surface area contributed by atoms with Crippen LogP contribution in [0, 0.1) is 5.92 Å². The quantitative estimate of drug-likeness (QED) is 0.325. The number of aromatic nitrogens is 1. The molecule has 13 heteroatoms. The van der Waals surface area contributed by atoms with Crippen molar-refractivity contribution in [3.63, 3.8) is 0 Å². The zero-order valence-electron chi connectivity index (χ0n) is 24.8. The van der Waals surface area contributed by atoms with Crippen molar-refractivity contribution in [3.05, 3.63) is 64.3 Å². The molecule has 0 radical (unpaired) electrons. The van der Waals surface area contributed by atoms with Crippen LogP contribution >= 0.6 is 23.2 Å². The van der Waals surface area contributed by atoms with E-state index in [1.165, 1.54) is 18.2 Å². The molecule has 1 saturated heterocycles. The molecule has 0 bridgehead atoms. The Kier molecular flexibility index (Phi) is 10.1. The molecule has 3 amide bonds. The van der Waals surface area contributed by atoms with Gasteiger partial charge in [0.1, 0.15) is 16.6 Å². The molecule has 3 aromatic rings. The molecule has 1 aromatic heterocycles. The highest BCUT2D eigenvalue weighted by Gasteiger charge is 2.45. The molecule has 2 N–H and O–H groups in total. The lowest BCUT2D eigenvalue weighted by Crippen LogP contribution is -2.70. The first-order valence-corrected chi connectivity index (χ1v) is 16.4. The van der Waals surface area contributed by atoms with Crippen molar-refractivity contribution in [1.82, 2.24) is 24.4 Å². The molecule has 0 saturated carbocycles. The SMILES string of the molecule is CCN(C(=O)CNS(=O)(=O)c1ccc(Cl)cc1Cl)[C@@H]1CN(C(=O)[C@H](CC(C)C)NC(=O)c2cc3ccccc3n2C)C1C. The highest BCUT2D eigenvalue weighted by Crippen LogP contribution is 2.27. The Morgan fingerprint density at radius 1 is 1.09 bits per heavy atom. The van der Waals surface area contributed by atoms with Gasteiger partial charge in [0, 0.05) is 36.1 Å². The molecule has 10 nitrogen and oxygen atoms in total. The molecule has 3 atom stereocenters. The normalized spacial score (nSPS) is 17.5. The predicted molar refractivity (Wildman–Crippen MR) is 168 cm³/mol. The maximum Gasteiger partial charge on any atom is 0.268 e. The number of amides is 3. The first-order valence-electron chi connectivity index (χ1n) is 14.1. The largest absolute Gasteiger partial charge is 0.340 e. The Labute approximate surface area is 262 Å². The van der Waals surface area contributed by atoms with Crippen molar-refractivity contribution in [2.24, 2.45) is 13.0 Å². The van der Waals surface area contributed by atoms with E-state index in [9.17, 15) is 22.8 Å². The summed E-state index contributed by atoms with van der Waals surface area (Å²) in [6, 6.07) is 12.1. The molecule has 232 valence electrons. The number of benzene rings is 2. The van der Waals surface area contributed by atoms with E-state index in [-0.39, 0.29) is 46.3 Å². The molecule has 1 unspecified atom stereocenters. The lowest BCUT2D eigenvalue weighted by atomic mass is 9.93. The van der Waals surface area contributed by atoms with E-state index in [1.807, 2.05) is 62.7 Å². The van der Waals surface area contributed by atoms with Gasteiger partial charge in [-0.2, -0.15) is 0 Å². The van der Waals surface area contributed by atoms with Crippen molar-refractivity contribution < 1.29 is 22.8 Å². The summed E-state index contributed by atoms with van der Waals surface area (Å²) in [5.74, 6) is -0.833. The van der Waals surface area contributed by atoms with Gasteiger partial charge in [-0.15, -0.1) is 0 Å². The lowest BCUT2D eigenvalue weighted by Gasteiger charge is -2.51. The van der Waals surface area contributed by atoms with Gasteiger partial charge in [0.15, 0.2) is 0 Å². The minimum Gasteiger partial charge on any atom is -0.340 e. The van der Waals surface area contributed by atoms with Crippen molar-refractivity contribution in [1.29, 1.82) is 0 Å². The van der Waals surface area contributed by atoms with Crippen LogP contribution in [0.3, 0.4) is 0 Å². The number of aryl methyl sites for hydroxylation is 1. The second kappa shape index (κ2) is 13.3. The van der Waals surface area contributed by atoms with Gasteiger partial charge >= 0.3 is 0 Å². The topological polar surface area (TPSA) is 121 Å².